The van der Waals surface area contributed by atoms with Crippen molar-refractivity contribution in [1.82, 2.24) is 0 Å². The lowest BCUT2D eigenvalue weighted by Crippen LogP contribution is -2.49. The molecule has 0 radical (unpaired) electrons. The lowest BCUT2D eigenvalue weighted by molar-refractivity contribution is -0.0394. The molecule has 1 rings (SSSR count). The molecule has 0 aromatic heterocycles. The van der Waals surface area contributed by atoms with Gasteiger partial charge in [-0.3, -0.25) is 0 Å². The van der Waals surface area contributed by atoms with Crippen molar-refractivity contribution in [3.05, 3.63) is 0 Å². The first-order chi connectivity index (χ1) is 8.90. The molecule has 0 aromatic carbocycles. The van der Waals surface area contributed by atoms with E-state index in [-0.39, 0.29) is 22.0 Å². The smallest absolute Gasteiger partial charge is 0.192 e. The lowest BCUT2D eigenvalue weighted by atomic mass is 9.66. The number of rotatable bonds is 4. The van der Waals surface area contributed by atoms with E-state index in [9.17, 15) is 5.11 Å². The number of aliphatic hydroxyl groups is 1. The lowest BCUT2D eigenvalue weighted by Gasteiger charge is -2.45. The molecule has 0 saturated heterocycles. The van der Waals surface area contributed by atoms with Gasteiger partial charge >= 0.3 is 0 Å². The fraction of sp³-hybridized carbons (Fsp3) is 0.938. The van der Waals surface area contributed by atoms with Gasteiger partial charge in [0.25, 0.3) is 0 Å². The number of nitrogens with zero attached hydrogens (tertiary/aromatic N) is 1. The first kappa shape index (κ1) is 17.7. The highest BCUT2D eigenvalue weighted by molar-refractivity contribution is 6.74. The minimum Gasteiger partial charge on any atom is -0.416 e. The summed E-state index contributed by atoms with van der Waals surface area (Å²) in [4.78, 5) is 0. The van der Waals surface area contributed by atoms with Crippen LogP contribution in [0.15, 0.2) is 0 Å². The summed E-state index contributed by atoms with van der Waals surface area (Å²) in [6, 6.07) is 2.30. The maximum atomic E-state index is 10.4. The predicted molar refractivity (Wildman–Crippen MR) is 84.8 cm³/mol. The van der Waals surface area contributed by atoms with Gasteiger partial charge in [0.15, 0.2) is 8.32 Å². The number of hydrogen-bond acceptors (Lipinski definition) is 3. The second-order valence-corrected chi connectivity index (χ2v) is 13.2. The summed E-state index contributed by atoms with van der Waals surface area (Å²) in [5.41, 5.74) is -0.470. The van der Waals surface area contributed by atoms with Crippen molar-refractivity contribution < 1.29 is 9.53 Å². The zero-order valence-electron chi connectivity index (χ0n) is 14.2. The molecular weight excluding hydrogens is 266 g/mol. The average molecular weight is 298 g/mol. The van der Waals surface area contributed by atoms with E-state index in [1.165, 1.54) is 0 Å². The Kier molecular flexibility index (Phi) is 4.81. The molecule has 0 heterocycles. The van der Waals surface area contributed by atoms with Crippen LogP contribution in [-0.2, 0) is 4.43 Å². The molecule has 0 unspecified atom stereocenters. The van der Waals surface area contributed by atoms with Gasteiger partial charge in [-0.1, -0.05) is 34.6 Å². The van der Waals surface area contributed by atoms with Crippen LogP contribution in [0.2, 0.25) is 18.1 Å². The zero-order chi connectivity index (χ0) is 15.8. The van der Waals surface area contributed by atoms with Crippen LogP contribution >= 0.6 is 0 Å². The molecule has 1 fully saturated rings. The van der Waals surface area contributed by atoms with E-state index in [2.05, 4.69) is 53.8 Å². The van der Waals surface area contributed by atoms with Gasteiger partial charge < -0.3 is 9.53 Å². The van der Waals surface area contributed by atoms with Gasteiger partial charge in [0.05, 0.1) is 12.2 Å². The van der Waals surface area contributed by atoms with Crippen molar-refractivity contribution in [1.29, 1.82) is 5.26 Å². The van der Waals surface area contributed by atoms with Gasteiger partial charge in [-0.25, -0.2) is 0 Å². The summed E-state index contributed by atoms with van der Waals surface area (Å²) in [7, 11) is -1.83. The Bertz CT molecular complexity index is 396. The molecule has 3 nitrogen and oxygen atoms in total. The predicted octanol–water partition coefficient (Wildman–Crippen LogP) is 4.09. The maximum absolute atomic E-state index is 10.4. The van der Waals surface area contributed by atoms with E-state index < -0.39 is 8.32 Å². The van der Waals surface area contributed by atoms with Gasteiger partial charge in [0, 0.05) is 18.4 Å². The van der Waals surface area contributed by atoms with E-state index in [0.717, 1.165) is 12.8 Å². The topological polar surface area (TPSA) is 53.2 Å². The van der Waals surface area contributed by atoms with Crippen LogP contribution in [0.3, 0.4) is 0 Å². The van der Waals surface area contributed by atoms with E-state index in [1.807, 2.05) is 0 Å². The molecule has 1 saturated carbocycles. The summed E-state index contributed by atoms with van der Waals surface area (Å²) in [6.45, 7) is 15.9. The third kappa shape index (κ3) is 2.95. The fourth-order valence-corrected chi connectivity index (χ4v) is 3.84. The Morgan fingerprint density at radius 3 is 2.35 bits per heavy atom. The number of nitriles is 1. The molecular formula is C16H31NO2Si. The molecule has 116 valence electrons. The Morgan fingerprint density at radius 1 is 1.35 bits per heavy atom. The Balaban J connectivity index is 2.91. The molecule has 0 aromatic rings. The minimum absolute atomic E-state index is 0.149. The molecule has 1 aliphatic carbocycles. The van der Waals surface area contributed by atoms with Crippen LogP contribution in [0.4, 0.5) is 0 Å². The van der Waals surface area contributed by atoms with Gasteiger partial charge in [-0.2, -0.15) is 5.26 Å². The van der Waals surface area contributed by atoms with Crippen LogP contribution in [0.5, 0.6) is 0 Å². The van der Waals surface area contributed by atoms with Gasteiger partial charge in [-0.05, 0) is 36.4 Å². The Hall–Kier alpha value is -0.373. The molecule has 0 bridgehead atoms. The molecule has 3 atom stereocenters. The largest absolute Gasteiger partial charge is 0.416 e. The fourth-order valence-electron chi connectivity index (χ4n) is 2.74. The highest BCUT2D eigenvalue weighted by Gasteiger charge is 2.55. The summed E-state index contributed by atoms with van der Waals surface area (Å²) in [6.07, 6.45) is 1.79. The highest BCUT2D eigenvalue weighted by atomic mass is 28.4. The summed E-state index contributed by atoms with van der Waals surface area (Å²) in [5.74, 6) is 0. The highest BCUT2D eigenvalue weighted by Crippen LogP contribution is 2.55. The van der Waals surface area contributed by atoms with Gasteiger partial charge in [0.2, 0.25) is 0 Å². The monoisotopic (exact) mass is 297 g/mol. The normalized spacial score (nSPS) is 35.0. The van der Waals surface area contributed by atoms with Crippen molar-refractivity contribution in [2.24, 2.45) is 10.8 Å². The van der Waals surface area contributed by atoms with Crippen LogP contribution in [0.1, 0.15) is 53.9 Å². The molecule has 1 N–H and O–H groups in total. The van der Waals surface area contributed by atoms with Crippen molar-refractivity contribution >= 4 is 8.32 Å². The maximum Gasteiger partial charge on any atom is 0.192 e. The first-order valence-electron chi connectivity index (χ1n) is 7.59. The van der Waals surface area contributed by atoms with Gasteiger partial charge in [0.1, 0.15) is 0 Å². The second-order valence-electron chi connectivity index (χ2n) is 8.42. The van der Waals surface area contributed by atoms with E-state index in [1.54, 1.807) is 0 Å². The minimum atomic E-state index is -1.83. The zero-order valence-corrected chi connectivity index (χ0v) is 15.2. The van der Waals surface area contributed by atoms with Gasteiger partial charge in [-0.15, -0.1) is 0 Å². The van der Waals surface area contributed by atoms with Crippen molar-refractivity contribution in [3.8, 4) is 6.07 Å². The molecule has 0 amide bonds. The summed E-state index contributed by atoms with van der Waals surface area (Å²) < 4.78 is 6.36. The van der Waals surface area contributed by atoms with Crippen molar-refractivity contribution in [3.63, 3.8) is 0 Å². The van der Waals surface area contributed by atoms with Crippen LogP contribution in [0.25, 0.3) is 0 Å². The molecule has 0 aliphatic heterocycles. The summed E-state index contributed by atoms with van der Waals surface area (Å²) >= 11 is 0. The van der Waals surface area contributed by atoms with Crippen molar-refractivity contribution in [2.75, 3.05) is 6.61 Å². The van der Waals surface area contributed by atoms with Crippen LogP contribution in [-0.4, -0.2) is 26.1 Å². The first-order valence-corrected chi connectivity index (χ1v) is 10.5. The Morgan fingerprint density at radius 2 is 1.90 bits per heavy atom. The quantitative estimate of drug-likeness (QED) is 0.795. The second kappa shape index (κ2) is 5.44. The third-order valence-corrected chi connectivity index (χ3v) is 10.6. The van der Waals surface area contributed by atoms with E-state index in [0.29, 0.717) is 13.0 Å². The average Bonchev–Trinajstić information content (AvgIpc) is 2.51. The van der Waals surface area contributed by atoms with Crippen molar-refractivity contribution in [2.45, 2.75) is 78.1 Å². The molecule has 4 heteroatoms. The van der Waals surface area contributed by atoms with Crippen LogP contribution < -0.4 is 0 Å². The third-order valence-electron chi connectivity index (χ3n) is 6.09. The molecule has 1 aliphatic rings. The summed E-state index contributed by atoms with van der Waals surface area (Å²) in [5, 5.41) is 19.7. The van der Waals surface area contributed by atoms with E-state index >= 15 is 0 Å². The van der Waals surface area contributed by atoms with Crippen LogP contribution in [0, 0.1) is 22.2 Å². The molecule has 0 spiro atoms. The number of aliphatic hydroxyl groups excluding tert-OH is 1. The Labute approximate surface area is 125 Å². The van der Waals surface area contributed by atoms with E-state index in [4.69, 9.17) is 9.69 Å². The molecule has 20 heavy (non-hydrogen) atoms. The SMILES string of the molecule is CC(C)(C)[Si](C)(C)OC[C@]1(C)[C@@H](O)CC[C@@]1(C)CC#N. The standard InChI is InChI=1S/C16H31NO2Si/c1-14(2,3)20(6,7)19-12-16(5)13(18)8-9-15(16,4)10-11-17/h13,18H,8-10,12H2,1-7H3/t13-,15-,16+/m0/s1. The number of hydrogen-bond donors (Lipinski definition) is 1.